The Balaban J connectivity index is 1.78. The largest absolute Gasteiger partial charge is 0.439 e. The van der Waals surface area contributed by atoms with Gasteiger partial charge in [-0.25, -0.2) is 4.98 Å². The number of hydrogen-bond acceptors (Lipinski definition) is 2. The van der Waals surface area contributed by atoms with Crippen LogP contribution < -0.4 is 4.74 Å². The molecule has 0 saturated carbocycles. The molecular weight excluding hydrogens is 270 g/mol. The van der Waals surface area contributed by atoms with Gasteiger partial charge in [0.2, 0.25) is 5.88 Å². The molecule has 0 aliphatic rings. The lowest BCUT2D eigenvalue weighted by Gasteiger charge is -2.06. The third-order valence-corrected chi connectivity index (χ3v) is 3.04. The van der Waals surface area contributed by atoms with Crippen molar-refractivity contribution in [1.82, 2.24) is 4.98 Å². The predicted octanol–water partition coefficient (Wildman–Crippen LogP) is 4.99. The van der Waals surface area contributed by atoms with Gasteiger partial charge in [-0.2, -0.15) is 0 Å². The molecule has 0 spiro atoms. The average Bonchev–Trinajstić information content (AvgIpc) is 2.51. The quantitative estimate of drug-likeness (QED) is 0.674. The topological polar surface area (TPSA) is 22.1 Å². The van der Waals surface area contributed by atoms with Crippen molar-refractivity contribution in [3.63, 3.8) is 0 Å². The molecule has 1 radical (unpaired) electrons. The third kappa shape index (κ3) is 2.98. The fraction of sp³-hybridized carbons (Fsp3) is 0. The number of pyridine rings is 1. The van der Waals surface area contributed by atoms with Crippen LogP contribution in [0.2, 0.25) is 5.02 Å². The van der Waals surface area contributed by atoms with Gasteiger partial charge in [-0.05, 0) is 42.0 Å². The molecule has 2 nitrogen and oxygen atoms in total. The van der Waals surface area contributed by atoms with Crippen molar-refractivity contribution >= 4 is 11.6 Å². The summed E-state index contributed by atoms with van der Waals surface area (Å²) >= 11 is 5.83. The number of ether oxygens (including phenoxy) is 1. The van der Waals surface area contributed by atoms with Crippen molar-refractivity contribution in [2.75, 3.05) is 0 Å². The molecular formula is C17H11ClNO. The molecule has 0 aliphatic carbocycles. The Morgan fingerprint density at radius 1 is 0.950 bits per heavy atom. The van der Waals surface area contributed by atoms with Gasteiger partial charge in [-0.1, -0.05) is 35.9 Å². The minimum absolute atomic E-state index is 0.548. The zero-order valence-electron chi connectivity index (χ0n) is 10.6. The summed E-state index contributed by atoms with van der Waals surface area (Å²) in [4.78, 5) is 4.30. The molecule has 1 heterocycles. The first kappa shape index (κ1) is 12.7. The maximum atomic E-state index is 5.83. The van der Waals surface area contributed by atoms with E-state index in [2.05, 4.69) is 11.1 Å². The van der Waals surface area contributed by atoms with E-state index in [9.17, 15) is 0 Å². The second kappa shape index (κ2) is 5.76. The van der Waals surface area contributed by atoms with E-state index in [0.29, 0.717) is 16.7 Å². The van der Waals surface area contributed by atoms with Crippen LogP contribution in [0.5, 0.6) is 11.6 Å². The van der Waals surface area contributed by atoms with Crippen LogP contribution in [0.3, 0.4) is 0 Å². The number of halogens is 1. The number of hydrogen-bond donors (Lipinski definition) is 0. The van der Waals surface area contributed by atoms with Gasteiger partial charge in [-0.15, -0.1) is 0 Å². The van der Waals surface area contributed by atoms with Crippen molar-refractivity contribution in [1.29, 1.82) is 0 Å². The van der Waals surface area contributed by atoms with Crippen LogP contribution in [-0.4, -0.2) is 4.98 Å². The van der Waals surface area contributed by atoms with Crippen LogP contribution in [0.4, 0.5) is 0 Å². The monoisotopic (exact) mass is 280 g/mol. The fourth-order valence-electron chi connectivity index (χ4n) is 1.80. The Morgan fingerprint density at radius 3 is 2.45 bits per heavy atom. The van der Waals surface area contributed by atoms with Crippen molar-refractivity contribution in [2.45, 2.75) is 0 Å². The summed E-state index contributed by atoms with van der Waals surface area (Å²) in [6, 6.07) is 21.9. The highest BCUT2D eigenvalue weighted by Crippen LogP contribution is 2.24. The Kier molecular flexibility index (Phi) is 3.66. The molecule has 0 amide bonds. The van der Waals surface area contributed by atoms with Crippen LogP contribution in [0.15, 0.2) is 66.9 Å². The Labute approximate surface area is 122 Å². The van der Waals surface area contributed by atoms with Gasteiger partial charge in [0.15, 0.2) is 0 Å². The summed E-state index contributed by atoms with van der Waals surface area (Å²) in [6.07, 6.45) is 1.77. The summed E-state index contributed by atoms with van der Waals surface area (Å²) in [5.41, 5.74) is 2.02. The van der Waals surface area contributed by atoms with Crippen LogP contribution in [0.25, 0.3) is 11.1 Å². The maximum absolute atomic E-state index is 5.83. The molecule has 0 bridgehead atoms. The number of rotatable bonds is 3. The number of benzene rings is 2. The van der Waals surface area contributed by atoms with Gasteiger partial charge in [0.25, 0.3) is 0 Å². The summed E-state index contributed by atoms with van der Waals surface area (Å²) in [5.74, 6) is 1.26. The molecule has 1 aromatic heterocycles. The van der Waals surface area contributed by atoms with Crippen LogP contribution >= 0.6 is 11.6 Å². The summed E-state index contributed by atoms with van der Waals surface area (Å²) in [5, 5.41) is 0.681. The lowest BCUT2D eigenvalue weighted by molar-refractivity contribution is 0.463. The van der Waals surface area contributed by atoms with Gasteiger partial charge < -0.3 is 4.74 Å². The third-order valence-electron chi connectivity index (χ3n) is 2.79. The van der Waals surface area contributed by atoms with E-state index in [1.54, 1.807) is 18.3 Å². The van der Waals surface area contributed by atoms with Gasteiger partial charge in [0.1, 0.15) is 5.75 Å². The number of aromatic nitrogens is 1. The molecule has 3 heteroatoms. The van der Waals surface area contributed by atoms with Crippen molar-refractivity contribution in [3.05, 3.63) is 77.9 Å². The standard InChI is InChI=1S/C17H11ClNO/c18-15-7-9-16(10-8-15)20-17-11-6-14(12-19-17)13-4-2-1-3-5-13/h1-4,6-12H. The molecule has 20 heavy (non-hydrogen) atoms. The smallest absolute Gasteiger partial charge is 0.219 e. The molecule has 0 N–H and O–H groups in total. The molecule has 0 fully saturated rings. The first-order valence-corrected chi connectivity index (χ1v) is 6.56. The molecule has 2 aromatic carbocycles. The molecule has 0 saturated heterocycles. The fourth-order valence-corrected chi connectivity index (χ4v) is 1.92. The molecule has 3 aromatic rings. The Bertz CT molecular complexity index is 678. The molecule has 3 rings (SSSR count). The molecule has 0 aliphatic heterocycles. The maximum Gasteiger partial charge on any atom is 0.219 e. The highest BCUT2D eigenvalue weighted by molar-refractivity contribution is 6.30. The zero-order valence-corrected chi connectivity index (χ0v) is 11.3. The summed E-state index contributed by atoms with van der Waals surface area (Å²) < 4.78 is 5.64. The van der Waals surface area contributed by atoms with Gasteiger partial charge in [-0.3, -0.25) is 0 Å². The summed E-state index contributed by atoms with van der Waals surface area (Å²) in [7, 11) is 0. The second-order valence-corrected chi connectivity index (χ2v) is 4.65. The minimum Gasteiger partial charge on any atom is -0.439 e. The summed E-state index contributed by atoms with van der Waals surface area (Å²) in [6.45, 7) is 0. The van der Waals surface area contributed by atoms with Gasteiger partial charge in [0, 0.05) is 22.8 Å². The SMILES string of the molecule is Clc1ccc(Oc2ccc(-c3[c]cccc3)cn2)cc1. The van der Waals surface area contributed by atoms with E-state index >= 15 is 0 Å². The molecule has 0 unspecified atom stereocenters. The lowest BCUT2D eigenvalue weighted by atomic mass is 10.1. The van der Waals surface area contributed by atoms with E-state index in [0.717, 1.165) is 11.1 Å². The van der Waals surface area contributed by atoms with Crippen LogP contribution in [0, 0.1) is 6.07 Å². The highest BCUT2D eigenvalue weighted by Gasteiger charge is 2.01. The first-order chi connectivity index (χ1) is 9.81. The van der Waals surface area contributed by atoms with Crippen molar-refractivity contribution in [3.8, 4) is 22.8 Å². The van der Waals surface area contributed by atoms with Crippen LogP contribution in [0.1, 0.15) is 0 Å². The highest BCUT2D eigenvalue weighted by atomic mass is 35.5. The predicted molar refractivity (Wildman–Crippen MR) is 80.0 cm³/mol. The van der Waals surface area contributed by atoms with Gasteiger partial charge >= 0.3 is 0 Å². The van der Waals surface area contributed by atoms with E-state index in [4.69, 9.17) is 16.3 Å². The molecule has 97 valence electrons. The lowest BCUT2D eigenvalue weighted by Crippen LogP contribution is -1.88. The van der Waals surface area contributed by atoms with Crippen molar-refractivity contribution in [2.24, 2.45) is 0 Å². The zero-order chi connectivity index (χ0) is 13.8. The minimum atomic E-state index is 0.548. The second-order valence-electron chi connectivity index (χ2n) is 4.22. The first-order valence-electron chi connectivity index (χ1n) is 6.18. The number of nitrogens with zero attached hydrogens (tertiary/aromatic N) is 1. The van der Waals surface area contributed by atoms with E-state index in [1.165, 1.54) is 0 Å². The Hall–Kier alpha value is -2.32. The Morgan fingerprint density at radius 2 is 1.80 bits per heavy atom. The van der Waals surface area contributed by atoms with Crippen molar-refractivity contribution < 1.29 is 4.74 Å². The van der Waals surface area contributed by atoms with E-state index in [1.807, 2.05) is 48.5 Å². The van der Waals surface area contributed by atoms with Gasteiger partial charge in [0.05, 0.1) is 0 Å². The average molecular weight is 281 g/mol. The van der Waals surface area contributed by atoms with E-state index < -0.39 is 0 Å². The van der Waals surface area contributed by atoms with E-state index in [-0.39, 0.29) is 0 Å². The van der Waals surface area contributed by atoms with Crippen LogP contribution in [-0.2, 0) is 0 Å². The normalized spacial score (nSPS) is 10.2. The molecule has 0 atom stereocenters.